The summed E-state index contributed by atoms with van der Waals surface area (Å²) in [6.45, 7) is 5.17. The molecule has 1 aliphatic heterocycles. The van der Waals surface area contributed by atoms with Gasteiger partial charge in [0.2, 0.25) is 0 Å². The number of alkyl halides is 2. The van der Waals surface area contributed by atoms with Gasteiger partial charge in [0.15, 0.2) is 0 Å². The van der Waals surface area contributed by atoms with Crippen LogP contribution in [0.1, 0.15) is 49.8 Å². The van der Waals surface area contributed by atoms with Crippen molar-refractivity contribution in [3.8, 4) is 0 Å². The van der Waals surface area contributed by atoms with E-state index in [4.69, 9.17) is 0 Å². The SMILES string of the molecule is CCCNCC1CCCN(C)C1c1cccc(C(F)F)c1. The Morgan fingerprint density at radius 3 is 2.90 bits per heavy atom. The molecule has 0 saturated carbocycles. The molecule has 1 aromatic rings. The molecule has 2 rings (SSSR count). The number of nitrogens with zero attached hydrogens (tertiary/aromatic N) is 1. The van der Waals surface area contributed by atoms with E-state index in [0.717, 1.165) is 38.0 Å². The number of rotatable bonds is 6. The summed E-state index contributed by atoms with van der Waals surface area (Å²) in [6.07, 6.45) is 1.06. The van der Waals surface area contributed by atoms with Crippen LogP contribution in [0.2, 0.25) is 0 Å². The second-order valence-electron chi connectivity index (χ2n) is 6.00. The Kier molecular flexibility index (Phi) is 6.12. The number of halogens is 2. The average Bonchev–Trinajstić information content (AvgIpc) is 2.48. The van der Waals surface area contributed by atoms with Gasteiger partial charge in [-0.25, -0.2) is 8.78 Å². The van der Waals surface area contributed by atoms with Crippen LogP contribution in [0.3, 0.4) is 0 Å². The highest BCUT2D eigenvalue weighted by molar-refractivity contribution is 5.28. The molecule has 1 aromatic carbocycles. The first-order chi connectivity index (χ1) is 10.1. The summed E-state index contributed by atoms with van der Waals surface area (Å²) in [5, 5.41) is 3.49. The van der Waals surface area contributed by atoms with Crippen molar-refractivity contribution >= 4 is 0 Å². The smallest absolute Gasteiger partial charge is 0.263 e. The Labute approximate surface area is 126 Å². The Morgan fingerprint density at radius 1 is 1.38 bits per heavy atom. The van der Waals surface area contributed by atoms with E-state index in [0.29, 0.717) is 5.92 Å². The molecule has 21 heavy (non-hydrogen) atoms. The normalized spacial score (nSPS) is 23.7. The number of piperidine rings is 1. The molecule has 1 saturated heterocycles. The zero-order chi connectivity index (χ0) is 15.2. The molecular weight excluding hydrogens is 270 g/mol. The van der Waals surface area contributed by atoms with Gasteiger partial charge in [0.05, 0.1) is 0 Å². The number of benzene rings is 1. The van der Waals surface area contributed by atoms with E-state index in [1.165, 1.54) is 12.5 Å². The Bertz CT molecular complexity index is 437. The summed E-state index contributed by atoms with van der Waals surface area (Å²) < 4.78 is 25.9. The lowest BCUT2D eigenvalue weighted by Gasteiger charge is -2.40. The number of hydrogen-bond donors (Lipinski definition) is 1. The van der Waals surface area contributed by atoms with Crippen molar-refractivity contribution in [1.82, 2.24) is 10.2 Å². The van der Waals surface area contributed by atoms with Crippen LogP contribution in [0.5, 0.6) is 0 Å². The van der Waals surface area contributed by atoms with Gasteiger partial charge in [0, 0.05) is 11.6 Å². The molecule has 1 aliphatic rings. The molecule has 1 fully saturated rings. The van der Waals surface area contributed by atoms with Crippen LogP contribution >= 0.6 is 0 Å². The molecule has 118 valence electrons. The summed E-state index contributed by atoms with van der Waals surface area (Å²) in [4.78, 5) is 2.31. The first-order valence-corrected chi connectivity index (χ1v) is 7.92. The fraction of sp³-hybridized carbons (Fsp3) is 0.647. The fourth-order valence-electron chi connectivity index (χ4n) is 3.34. The third-order valence-corrected chi connectivity index (χ3v) is 4.34. The van der Waals surface area contributed by atoms with Crippen LogP contribution < -0.4 is 5.32 Å². The molecule has 0 aliphatic carbocycles. The maximum Gasteiger partial charge on any atom is 0.263 e. The summed E-state index contributed by atoms with van der Waals surface area (Å²) in [5.41, 5.74) is 1.16. The third-order valence-electron chi connectivity index (χ3n) is 4.34. The highest BCUT2D eigenvalue weighted by Gasteiger charge is 2.30. The molecular formula is C17H26F2N2. The largest absolute Gasteiger partial charge is 0.316 e. The Morgan fingerprint density at radius 2 is 2.19 bits per heavy atom. The van der Waals surface area contributed by atoms with E-state index in [2.05, 4.69) is 24.2 Å². The van der Waals surface area contributed by atoms with Crippen LogP contribution in [0.25, 0.3) is 0 Å². The van der Waals surface area contributed by atoms with Crippen molar-refractivity contribution in [3.63, 3.8) is 0 Å². The van der Waals surface area contributed by atoms with Gasteiger partial charge in [-0.1, -0.05) is 25.1 Å². The van der Waals surface area contributed by atoms with Crippen molar-refractivity contribution in [1.29, 1.82) is 0 Å². The van der Waals surface area contributed by atoms with Gasteiger partial charge in [-0.05, 0) is 63.5 Å². The Balaban J connectivity index is 2.16. The summed E-state index contributed by atoms with van der Waals surface area (Å²) >= 11 is 0. The van der Waals surface area contributed by atoms with Gasteiger partial charge in [-0.2, -0.15) is 0 Å². The van der Waals surface area contributed by atoms with E-state index in [1.54, 1.807) is 12.1 Å². The summed E-state index contributed by atoms with van der Waals surface area (Å²) in [7, 11) is 2.10. The predicted molar refractivity (Wildman–Crippen MR) is 82.7 cm³/mol. The monoisotopic (exact) mass is 296 g/mol. The molecule has 4 heteroatoms. The van der Waals surface area contributed by atoms with Gasteiger partial charge >= 0.3 is 0 Å². The van der Waals surface area contributed by atoms with Gasteiger partial charge in [-0.15, -0.1) is 0 Å². The minimum Gasteiger partial charge on any atom is -0.316 e. The van der Waals surface area contributed by atoms with Crippen molar-refractivity contribution in [3.05, 3.63) is 35.4 Å². The first-order valence-electron chi connectivity index (χ1n) is 7.92. The highest BCUT2D eigenvalue weighted by Crippen LogP contribution is 2.35. The zero-order valence-corrected chi connectivity index (χ0v) is 13.0. The molecule has 2 atom stereocenters. The zero-order valence-electron chi connectivity index (χ0n) is 13.0. The molecule has 0 aromatic heterocycles. The van der Waals surface area contributed by atoms with Gasteiger partial charge < -0.3 is 5.32 Å². The number of nitrogens with one attached hydrogen (secondary N) is 1. The maximum absolute atomic E-state index is 12.9. The van der Waals surface area contributed by atoms with Crippen LogP contribution in [0, 0.1) is 5.92 Å². The second kappa shape index (κ2) is 7.85. The number of likely N-dealkylation sites (tertiary alicyclic amines) is 1. The lowest BCUT2D eigenvalue weighted by Crippen LogP contribution is -2.40. The predicted octanol–water partition coefficient (Wildman–Crippen LogP) is 4.01. The molecule has 0 radical (unpaired) electrons. The quantitative estimate of drug-likeness (QED) is 0.798. The molecule has 2 nitrogen and oxygen atoms in total. The van der Waals surface area contributed by atoms with E-state index >= 15 is 0 Å². The maximum atomic E-state index is 12.9. The third kappa shape index (κ3) is 4.24. The topological polar surface area (TPSA) is 15.3 Å². The first kappa shape index (κ1) is 16.4. The van der Waals surface area contributed by atoms with E-state index in [9.17, 15) is 8.78 Å². The van der Waals surface area contributed by atoms with Gasteiger partial charge in [0.1, 0.15) is 0 Å². The molecule has 0 amide bonds. The van der Waals surface area contributed by atoms with Crippen LogP contribution in [-0.2, 0) is 0 Å². The average molecular weight is 296 g/mol. The minimum atomic E-state index is -2.39. The lowest BCUT2D eigenvalue weighted by atomic mass is 9.84. The van der Waals surface area contributed by atoms with Crippen molar-refractivity contribution in [2.24, 2.45) is 5.92 Å². The van der Waals surface area contributed by atoms with Crippen LogP contribution in [0.4, 0.5) is 8.78 Å². The Hall–Kier alpha value is -1.00. The van der Waals surface area contributed by atoms with Gasteiger partial charge in [0.25, 0.3) is 6.43 Å². The standard InChI is InChI=1S/C17H26F2N2/c1-3-9-20-12-15-8-5-10-21(2)16(15)13-6-4-7-14(11-13)17(18)19/h4,6-7,11,15-17,20H,3,5,8-10,12H2,1-2H3. The summed E-state index contributed by atoms with van der Waals surface area (Å²) in [5.74, 6) is 0.489. The molecule has 0 bridgehead atoms. The van der Waals surface area contributed by atoms with E-state index in [1.807, 2.05) is 6.07 Å². The van der Waals surface area contributed by atoms with E-state index in [-0.39, 0.29) is 11.6 Å². The minimum absolute atomic E-state index is 0.131. The molecule has 1 heterocycles. The van der Waals surface area contributed by atoms with Crippen molar-refractivity contribution in [2.75, 3.05) is 26.7 Å². The molecule has 2 unspecified atom stereocenters. The van der Waals surface area contributed by atoms with Crippen LogP contribution in [0.15, 0.2) is 24.3 Å². The second-order valence-corrected chi connectivity index (χ2v) is 6.00. The molecule has 1 N–H and O–H groups in total. The van der Waals surface area contributed by atoms with E-state index < -0.39 is 6.43 Å². The summed E-state index contributed by atoms with van der Waals surface area (Å²) in [6, 6.07) is 7.19. The van der Waals surface area contributed by atoms with Crippen LogP contribution in [-0.4, -0.2) is 31.6 Å². The van der Waals surface area contributed by atoms with Gasteiger partial charge in [-0.3, -0.25) is 4.90 Å². The molecule has 0 spiro atoms. The number of hydrogen-bond acceptors (Lipinski definition) is 2. The lowest BCUT2D eigenvalue weighted by molar-refractivity contribution is 0.118. The fourth-order valence-corrected chi connectivity index (χ4v) is 3.34. The van der Waals surface area contributed by atoms with Crippen molar-refractivity contribution in [2.45, 2.75) is 38.7 Å². The van der Waals surface area contributed by atoms with Crippen molar-refractivity contribution < 1.29 is 8.78 Å². The highest BCUT2D eigenvalue weighted by atomic mass is 19.3.